The van der Waals surface area contributed by atoms with E-state index in [4.69, 9.17) is 9.88 Å². The van der Waals surface area contributed by atoms with Gasteiger partial charge >= 0.3 is 0 Å². The number of aliphatic hydroxyl groups is 1. The number of hydrogen-bond acceptors (Lipinski definition) is 7. The van der Waals surface area contributed by atoms with Gasteiger partial charge in [0.05, 0.1) is 11.0 Å². The maximum atomic E-state index is 11.3. The topological polar surface area (TPSA) is 127 Å². The van der Waals surface area contributed by atoms with Crippen LogP contribution in [0.15, 0.2) is 35.4 Å². The maximum absolute atomic E-state index is 11.3. The van der Waals surface area contributed by atoms with Crippen molar-refractivity contribution in [2.24, 2.45) is 5.14 Å². The Balaban J connectivity index is 1.55. The molecule has 0 bridgehead atoms. The van der Waals surface area contributed by atoms with Gasteiger partial charge in [-0.1, -0.05) is 0 Å². The number of primary sulfonamides is 1. The molecule has 2 fully saturated rings. The Hall–Kier alpha value is -2.23. The molecule has 1 heterocycles. The number of hydrogen-bond donors (Lipinski definition) is 3. The van der Waals surface area contributed by atoms with Crippen molar-refractivity contribution in [2.45, 2.75) is 55.1 Å². The summed E-state index contributed by atoms with van der Waals surface area (Å²) in [4.78, 5) is 8.89. The molecular formula is C18H22N4O4S. The van der Waals surface area contributed by atoms with Crippen LogP contribution in [0.5, 0.6) is 5.88 Å². The lowest BCUT2D eigenvalue weighted by Gasteiger charge is -2.19. The van der Waals surface area contributed by atoms with Gasteiger partial charge in [0.2, 0.25) is 21.9 Å². The van der Waals surface area contributed by atoms with Gasteiger partial charge in [0.1, 0.15) is 6.10 Å². The van der Waals surface area contributed by atoms with Crippen LogP contribution >= 0.6 is 0 Å². The van der Waals surface area contributed by atoms with E-state index in [-0.39, 0.29) is 11.0 Å². The smallest absolute Gasteiger partial charge is 0.238 e. The number of rotatable bonds is 6. The number of nitrogens with two attached hydrogens (primary N) is 1. The van der Waals surface area contributed by atoms with Crippen LogP contribution in [0.2, 0.25) is 0 Å². The summed E-state index contributed by atoms with van der Waals surface area (Å²) in [7, 11) is -3.73. The Bertz CT molecular complexity index is 929. The molecular weight excluding hydrogens is 368 g/mol. The highest BCUT2D eigenvalue weighted by Crippen LogP contribution is 2.44. The van der Waals surface area contributed by atoms with Gasteiger partial charge in [-0.25, -0.2) is 18.5 Å². The van der Waals surface area contributed by atoms with Crippen LogP contribution in [-0.2, 0) is 10.0 Å². The SMILES string of the molecule is NS(=O)(=O)c1ccc(Nc2ncc(C3CC3)c(O[C@@H]3CCC[C@@H]3O)n2)cc1. The number of aromatic nitrogens is 2. The van der Waals surface area contributed by atoms with Crippen molar-refractivity contribution in [2.75, 3.05) is 5.32 Å². The normalized spacial score (nSPS) is 22.6. The van der Waals surface area contributed by atoms with Crippen LogP contribution in [0.1, 0.15) is 43.6 Å². The lowest BCUT2D eigenvalue weighted by atomic mass is 10.2. The van der Waals surface area contributed by atoms with E-state index in [1.807, 2.05) is 0 Å². The zero-order valence-electron chi connectivity index (χ0n) is 14.7. The van der Waals surface area contributed by atoms with Crippen molar-refractivity contribution in [1.29, 1.82) is 0 Å². The molecule has 1 aromatic carbocycles. The summed E-state index contributed by atoms with van der Waals surface area (Å²) in [6.45, 7) is 0. The van der Waals surface area contributed by atoms with E-state index >= 15 is 0 Å². The molecule has 8 nitrogen and oxygen atoms in total. The lowest BCUT2D eigenvalue weighted by Crippen LogP contribution is -2.26. The lowest BCUT2D eigenvalue weighted by molar-refractivity contribution is 0.0567. The van der Waals surface area contributed by atoms with E-state index in [2.05, 4.69) is 15.3 Å². The largest absolute Gasteiger partial charge is 0.471 e. The molecule has 2 aliphatic carbocycles. The first kappa shape index (κ1) is 18.1. The predicted octanol–water partition coefficient (Wildman–Crippen LogP) is 2.04. The third kappa shape index (κ3) is 4.20. The first-order valence-corrected chi connectivity index (χ1v) is 10.6. The standard InChI is InChI=1S/C18H22N4O4S/c19-27(24,25)13-8-6-12(7-9-13)21-18-20-10-14(11-4-5-11)17(22-18)26-16-3-1-2-15(16)23/h6-11,15-16,23H,1-5H2,(H2,19,24,25)(H,20,21,22)/t15-,16+/m0/s1. The van der Waals surface area contributed by atoms with E-state index < -0.39 is 16.1 Å². The fourth-order valence-electron chi connectivity index (χ4n) is 3.25. The van der Waals surface area contributed by atoms with Crippen LogP contribution in [0.3, 0.4) is 0 Å². The summed E-state index contributed by atoms with van der Waals surface area (Å²) in [5.41, 5.74) is 1.61. The molecule has 2 aromatic rings. The van der Waals surface area contributed by atoms with E-state index in [9.17, 15) is 13.5 Å². The number of ether oxygens (including phenoxy) is 1. The average Bonchev–Trinajstić information content (AvgIpc) is 3.38. The Morgan fingerprint density at radius 2 is 1.89 bits per heavy atom. The molecule has 9 heteroatoms. The number of sulfonamides is 1. The van der Waals surface area contributed by atoms with Gasteiger partial charge < -0.3 is 15.2 Å². The second-order valence-electron chi connectivity index (χ2n) is 7.08. The first-order valence-electron chi connectivity index (χ1n) is 9.02. The number of nitrogens with zero attached hydrogens (tertiary/aromatic N) is 2. The van der Waals surface area contributed by atoms with E-state index in [1.165, 1.54) is 12.1 Å². The summed E-state index contributed by atoms with van der Waals surface area (Å²) >= 11 is 0. The molecule has 0 aliphatic heterocycles. The summed E-state index contributed by atoms with van der Waals surface area (Å²) in [6.07, 6.45) is 5.75. The predicted molar refractivity (Wildman–Crippen MR) is 99.4 cm³/mol. The van der Waals surface area contributed by atoms with Crippen molar-refractivity contribution in [1.82, 2.24) is 9.97 Å². The monoisotopic (exact) mass is 390 g/mol. The van der Waals surface area contributed by atoms with E-state index in [1.54, 1.807) is 18.3 Å². The summed E-state index contributed by atoms with van der Waals surface area (Å²) in [5.74, 6) is 1.29. The average molecular weight is 390 g/mol. The maximum Gasteiger partial charge on any atom is 0.238 e. The number of nitrogens with one attached hydrogen (secondary N) is 1. The third-order valence-corrected chi connectivity index (χ3v) is 5.85. The summed E-state index contributed by atoms with van der Waals surface area (Å²) in [5, 5.41) is 18.2. The van der Waals surface area contributed by atoms with Gasteiger partial charge in [0.15, 0.2) is 0 Å². The fraction of sp³-hybridized carbons (Fsp3) is 0.444. The van der Waals surface area contributed by atoms with Crippen LogP contribution in [0.25, 0.3) is 0 Å². The molecule has 0 amide bonds. The van der Waals surface area contributed by atoms with Crippen LogP contribution in [0, 0.1) is 0 Å². The second-order valence-corrected chi connectivity index (χ2v) is 8.64. The molecule has 0 saturated heterocycles. The first-order chi connectivity index (χ1) is 12.9. The molecule has 0 radical (unpaired) electrons. The Morgan fingerprint density at radius 1 is 1.15 bits per heavy atom. The van der Waals surface area contributed by atoms with E-state index in [0.717, 1.165) is 37.7 Å². The fourth-order valence-corrected chi connectivity index (χ4v) is 3.76. The minimum absolute atomic E-state index is 0.0392. The van der Waals surface area contributed by atoms with Gasteiger partial charge in [-0.15, -0.1) is 0 Å². The molecule has 2 atom stereocenters. The van der Waals surface area contributed by atoms with Crippen molar-refractivity contribution in [3.63, 3.8) is 0 Å². The van der Waals surface area contributed by atoms with Gasteiger partial charge in [-0.3, -0.25) is 0 Å². The minimum atomic E-state index is -3.73. The molecule has 0 spiro atoms. The summed E-state index contributed by atoms with van der Waals surface area (Å²) < 4.78 is 28.7. The highest BCUT2D eigenvalue weighted by Gasteiger charge is 2.32. The van der Waals surface area contributed by atoms with Crippen molar-refractivity contribution < 1.29 is 18.3 Å². The Labute approximate surface area is 157 Å². The quantitative estimate of drug-likeness (QED) is 0.688. The van der Waals surface area contributed by atoms with Gasteiger partial charge in [0.25, 0.3) is 0 Å². The second kappa shape index (κ2) is 7.06. The number of aliphatic hydroxyl groups excluding tert-OH is 1. The van der Waals surface area contributed by atoms with Crippen molar-refractivity contribution in [3.05, 3.63) is 36.0 Å². The van der Waals surface area contributed by atoms with Crippen LogP contribution in [0.4, 0.5) is 11.6 Å². The van der Waals surface area contributed by atoms with Crippen molar-refractivity contribution >= 4 is 21.7 Å². The molecule has 1 aromatic heterocycles. The Kier molecular flexibility index (Phi) is 4.75. The molecule has 27 heavy (non-hydrogen) atoms. The molecule has 0 unspecified atom stereocenters. The molecule has 2 saturated carbocycles. The number of anilines is 2. The zero-order valence-corrected chi connectivity index (χ0v) is 15.5. The molecule has 144 valence electrons. The zero-order chi connectivity index (χ0) is 19.0. The highest BCUT2D eigenvalue weighted by atomic mass is 32.2. The van der Waals surface area contributed by atoms with Gasteiger partial charge in [-0.2, -0.15) is 4.98 Å². The highest BCUT2D eigenvalue weighted by molar-refractivity contribution is 7.89. The number of benzene rings is 1. The third-order valence-electron chi connectivity index (χ3n) is 4.92. The van der Waals surface area contributed by atoms with Gasteiger partial charge in [-0.05, 0) is 62.3 Å². The summed E-state index contributed by atoms with van der Waals surface area (Å²) in [6, 6.07) is 6.03. The van der Waals surface area contributed by atoms with Crippen molar-refractivity contribution in [3.8, 4) is 5.88 Å². The molecule has 4 N–H and O–H groups in total. The molecule has 4 rings (SSSR count). The molecule has 2 aliphatic rings. The van der Waals surface area contributed by atoms with Crippen LogP contribution < -0.4 is 15.2 Å². The van der Waals surface area contributed by atoms with E-state index in [0.29, 0.717) is 23.4 Å². The van der Waals surface area contributed by atoms with Gasteiger partial charge in [0, 0.05) is 17.4 Å². The van der Waals surface area contributed by atoms with Crippen LogP contribution in [-0.4, -0.2) is 35.7 Å². The Morgan fingerprint density at radius 3 is 2.48 bits per heavy atom. The minimum Gasteiger partial charge on any atom is -0.471 e.